The van der Waals surface area contributed by atoms with Crippen LogP contribution >= 0.6 is 0 Å². The van der Waals surface area contributed by atoms with Crippen LogP contribution in [0.1, 0.15) is 49.6 Å². The monoisotopic (exact) mass is 370 g/mol. The number of amides is 1. The lowest BCUT2D eigenvalue weighted by atomic mass is 10.2. The third kappa shape index (κ3) is 5.32. The first-order valence-corrected chi connectivity index (χ1v) is 9.73. The summed E-state index contributed by atoms with van der Waals surface area (Å²) in [7, 11) is 0. The molecule has 2 aromatic rings. The van der Waals surface area contributed by atoms with Crippen LogP contribution in [0.15, 0.2) is 30.5 Å². The summed E-state index contributed by atoms with van der Waals surface area (Å²) in [5, 5.41) is 2.96. The minimum absolute atomic E-state index is 0.130. The third-order valence-electron chi connectivity index (χ3n) is 4.49. The Morgan fingerprint density at radius 3 is 2.59 bits per heavy atom. The van der Waals surface area contributed by atoms with E-state index in [0.29, 0.717) is 18.2 Å². The molecule has 0 atom stereocenters. The van der Waals surface area contributed by atoms with Gasteiger partial charge in [0, 0.05) is 32.4 Å². The Hall–Kier alpha value is -2.34. The van der Waals surface area contributed by atoms with E-state index in [1.807, 2.05) is 44.3 Å². The second kappa shape index (κ2) is 8.57. The number of aromatic nitrogens is 2. The van der Waals surface area contributed by atoms with Gasteiger partial charge in [0.1, 0.15) is 17.3 Å². The highest BCUT2D eigenvalue weighted by atomic mass is 16.5. The molecule has 27 heavy (non-hydrogen) atoms. The van der Waals surface area contributed by atoms with Crippen LogP contribution in [0, 0.1) is 5.92 Å². The highest BCUT2D eigenvalue weighted by Gasteiger charge is 2.21. The predicted molar refractivity (Wildman–Crippen MR) is 106 cm³/mol. The number of hydrogen-bond donors (Lipinski definition) is 1. The minimum atomic E-state index is -0.130. The number of benzene rings is 1. The Bertz CT molecular complexity index is 765. The van der Waals surface area contributed by atoms with Crippen molar-refractivity contribution in [2.24, 2.45) is 5.92 Å². The zero-order valence-electron chi connectivity index (χ0n) is 16.7. The van der Waals surface area contributed by atoms with Crippen LogP contribution in [-0.4, -0.2) is 39.6 Å². The van der Waals surface area contributed by atoms with Crippen molar-refractivity contribution in [3.8, 4) is 5.75 Å². The van der Waals surface area contributed by atoms with Crippen LogP contribution < -0.4 is 10.1 Å². The fourth-order valence-electron chi connectivity index (χ4n) is 3.31. The van der Waals surface area contributed by atoms with Gasteiger partial charge in [-0.15, -0.1) is 0 Å². The molecule has 6 heteroatoms. The summed E-state index contributed by atoms with van der Waals surface area (Å²) in [4.78, 5) is 19.4. The van der Waals surface area contributed by atoms with E-state index in [4.69, 9.17) is 4.74 Å². The maximum atomic E-state index is 12.5. The Kier molecular flexibility index (Phi) is 6.16. The van der Waals surface area contributed by atoms with Gasteiger partial charge in [0.25, 0.3) is 5.91 Å². The molecule has 1 aromatic carbocycles. The zero-order valence-corrected chi connectivity index (χ0v) is 16.7. The van der Waals surface area contributed by atoms with E-state index in [1.54, 1.807) is 0 Å². The van der Waals surface area contributed by atoms with Crippen LogP contribution in [0.5, 0.6) is 5.75 Å². The molecule has 0 spiro atoms. The zero-order chi connectivity index (χ0) is 19.4. The Balaban J connectivity index is 1.55. The molecule has 146 valence electrons. The molecule has 0 saturated heterocycles. The molecular formula is C21H30N4O2. The first-order chi connectivity index (χ1) is 12.9. The number of hydrogen-bond acceptors (Lipinski definition) is 4. The van der Waals surface area contributed by atoms with E-state index in [0.717, 1.165) is 43.3 Å². The number of imidazole rings is 1. The normalized spacial score (nSPS) is 14.4. The molecule has 1 aliphatic heterocycles. The topological polar surface area (TPSA) is 59.4 Å². The summed E-state index contributed by atoms with van der Waals surface area (Å²) in [5.74, 6) is 2.32. The van der Waals surface area contributed by atoms with Crippen molar-refractivity contribution in [1.82, 2.24) is 19.8 Å². The van der Waals surface area contributed by atoms with Crippen molar-refractivity contribution in [3.05, 3.63) is 47.5 Å². The molecule has 1 N–H and O–H groups in total. The second-order valence-corrected chi connectivity index (χ2v) is 7.86. The van der Waals surface area contributed by atoms with Crippen LogP contribution in [-0.2, 0) is 19.6 Å². The average molecular weight is 370 g/mol. The van der Waals surface area contributed by atoms with Gasteiger partial charge >= 0.3 is 0 Å². The lowest BCUT2D eigenvalue weighted by Gasteiger charge is -2.28. The summed E-state index contributed by atoms with van der Waals surface area (Å²) in [6.07, 6.45) is 2.02. The molecule has 0 unspecified atom stereocenters. The SMILES string of the molecule is CC(C)CN1CCn2cc(C(=O)NCc3ccc(OC(C)C)cc3)nc2C1. The molecule has 1 aliphatic rings. The van der Waals surface area contributed by atoms with Gasteiger partial charge in [-0.25, -0.2) is 4.98 Å². The number of carbonyl (C=O) groups is 1. The van der Waals surface area contributed by atoms with Gasteiger partial charge in [0.2, 0.25) is 0 Å². The number of ether oxygens (including phenoxy) is 1. The van der Waals surface area contributed by atoms with E-state index in [-0.39, 0.29) is 12.0 Å². The fourth-order valence-corrected chi connectivity index (χ4v) is 3.31. The molecule has 0 saturated carbocycles. The maximum Gasteiger partial charge on any atom is 0.271 e. The molecule has 0 radical (unpaired) electrons. The van der Waals surface area contributed by atoms with Crippen molar-refractivity contribution in [2.45, 2.75) is 53.4 Å². The van der Waals surface area contributed by atoms with E-state index in [1.165, 1.54) is 0 Å². The van der Waals surface area contributed by atoms with Crippen LogP contribution in [0.25, 0.3) is 0 Å². The Labute approximate surface area is 161 Å². The Morgan fingerprint density at radius 2 is 1.93 bits per heavy atom. The molecule has 1 amide bonds. The van der Waals surface area contributed by atoms with E-state index < -0.39 is 0 Å². The summed E-state index contributed by atoms with van der Waals surface area (Å²) >= 11 is 0. The lowest BCUT2D eigenvalue weighted by molar-refractivity contribution is 0.0946. The second-order valence-electron chi connectivity index (χ2n) is 7.86. The third-order valence-corrected chi connectivity index (χ3v) is 4.49. The number of nitrogens with one attached hydrogen (secondary N) is 1. The van der Waals surface area contributed by atoms with Gasteiger partial charge in [0.15, 0.2) is 0 Å². The van der Waals surface area contributed by atoms with Crippen LogP contribution in [0.4, 0.5) is 0 Å². The van der Waals surface area contributed by atoms with Crippen molar-refractivity contribution in [3.63, 3.8) is 0 Å². The van der Waals surface area contributed by atoms with Crippen molar-refractivity contribution in [1.29, 1.82) is 0 Å². The van der Waals surface area contributed by atoms with Gasteiger partial charge < -0.3 is 14.6 Å². The minimum Gasteiger partial charge on any atom is -0.491 e. The molecule has 0 fully saturated rings. The van der Waals surface area contributed by atoms with E-state index in [9.17, 15) is 4.79 Å². The predicted octanol–water partition coefficient (Wildman–Crippen LogP) is 3.07. The van der Waals surface area contributed by atoms with Gasteiger partial charge in [-0.2, -0.15) is 0 Å². The maximum absolute atomic E-state index is 12.5. The van der Waals surface area contributed by atoms with Crippen molar-refractivity contribution in [2.75, 3.05) is 13.1 Å². The standard InChI is InChI=1S/C21H30N4O2/c1-15(2)12-24-9-10-25-13-19(23-20(25)14-24)21(26)22-11-17-5-7-18(8-6-17)27-16(3)4/h5-8,13,15-16H,9-12,14H2,1-4H3,(H,22,26). The van der Waals surface area contributed by atoms with Crippen molar-refractivity contribution >= 4 is 5.91 Å². The first-order valence-electron chi connectivity index (χ1n) is 9.73. The van der Waals surface area contributed by atoms with Crippen LogP contribution in [0.3, 0.4) is 0 Å². The molecule has 0 aliphatic carbocycles. The number of nitrogens with zero attached hydrogens (tertiary/aromatic N) is 3. The number of rotatable bonds is 7. The highest BCUT2D eigenvalue weighted by molar-refractivity contribution is 5.92. The Morgan fingerprint density at radius 1 is 1.19 bits per heavy atom. The van der Waals surface area contributed by atoms with Gasteiger partial charge in [-0.3, -0.25) is 9.69 Å². The molecule has 3 rings (SSSR count). The lowest BCUT2D eigenvalue weighted by Crippen LogP contribution is -2.35. The van der Waals surface area contributed by atoms with E-state index >= 15 is 0 Å². The molecular weight excluding hydrogens is 340 g/mol. The molecule has 2 heterocycles. The quantitative estimate of drug-likeness (QED) is 0.814. The average Bonchev–Trinajstić information content (AvgIpc) is 3.03. The summed E-state index contributed by atoms with van der Waals surface area (Å²) in [6.45, 7) is 12.7. The van der Waals surface area contributed by atoms with Crippen molar-refractivity contribution < 1.29 is 9.53 Å². The fraction of sp³-hybridized carbons (Fsp3) is 0.524. The molecule has 0 bridgehead atoms. The van der Waals surface area contributed by atoms with Gasteiger partial charge in [-0.05, 0) is 37.5 Å². The van der Waals surface area contributed by atoms with E-state index in [2.05, 4.69) is 33.6 Å². The summed E-state index contributed by atoms with van der Waals surface area (Å²) in [6, 6.07) is 7.81. The largest absolute Gasteiger partial charge is 0.491 e. The molecule has 6 nitrogen and oxygen atoms in total. The smallest absolute Gasteiger partial charge is 0.271 e. The number of fused-ring (bicyclic) bond motifs is 1. The van der Waals surface area contributed by atoms with Crippen LogP contribution in [0.2, 0.25) is 0 Å². The number of carbonyl (C=O) groups excluding carboxylic acids is 1. The summed E-state index contributed by atoms with van der Waals surface area (Å²) < 4.78 is 7.74. The van der Waals surface area contributed by atoms with Gasteiger partial charge in [-0.1, -0.05) is 26.0 Å². The summed E-state index contributed by atoms with van der Waals surface area (Å²) in [5.41, 5.74) is 1.53. The highest BCUT2D eigenvalue weighted by Crippen LogP contribution is 2.16. The van der Waals surface area contributed by atoms with Gasteiger partial charge in [0.05, 0.1) is 12.6 Å². The first kappa shape index (κ1) is 19.4. The molecule has 1 aromatic heterocycles.